The molecule has 29 heavy (non-hydrogen) atoms. The number of phenols is 1. The molecule has 0 bridgehead atoms. The summed E-state index contributed by atoms with van der Waals surface area (Å²) in [7, 11) is 0. The van der Waals surface area contributed by atoms with Crippen LogP contribution in [0.1, 0.15) is 31.4 Å². The lowest BCUT2D eigenvalue weighted by atomic mass is 9.92. The number of carbonyl (C=O) groups is 2. The molecule has 0 unspecified atom stereocenters. The molecular weight excluding hydrogens is 440 g/mol. The molecule has 0 radical (unpaired) electrons. The van der Waals surface area contributed by atoms with Crippen LogP contribution < -0.4 is 10.8 Å². The number of hydrogen-bond donors (Lipinski definition) is 4. The lowest BCUT2D eigenvalue weighted by molar-refractivity contribution is -0.124. The minimum atomic E-state index is -0.712. The number of amides is 2. The Kier molecular flexibility index (Phi) is 8.69. The van der Waals surface area contributed by atoms with Gasteiger partial charge in [0.15, 0.2) is 0 Å². The average Bonchev–Trinajstić information content (AvgIpc) is 2.71. The second-order valence-corrected chi connectivity index (χ2v) is 7.37. The Morgan fingerprint density at radius 3 is 2.62 bits per heavy atom. The first kappa shape index (κ1) is 22.4. The molecule has 154 valence electrons. The van der Waals surface area contributed by atoms with Crippen molar-refractivity contribution in [1.29, 1.82) is 0 Å². The largest absolute Gasteiger partial charge is 0.508 e. The smallest absolute Gasteiger partial charge is 0.412 e. The Balaban J connectivity index is 2.14. The summed E-state index contributed by atoms with van der Waals surface area (Å²) in [4.78, 5) is 23.5. The molecule has 0 heterocycles. The summed E-state index contributed by atoms with van der Waals surface area (Å²) in [5.74, 6) is -0.761. The summed E-state index contributed by atoms with van der Waals surface area (Å²) in [6.07, 6.45) is 2.58. The lowest BCUT2D eigenvalue weighted by Gasteiger charge is -2.25. The van der Waals surface area contributed by atoms with E-state index in [4.69, 9.17) is 9.94 Å². The number of hydrogen-bond acceptors (Lipinski definition) is 5. The van der Waals surface area contributed by atoms with Gasteiger partial charge in [0.05, 0.1) is 0 Å². The molecule has 8 heteroatoms. The molecule has 2 aromatic rings. The molecule has 0 aliphatic heterocycles. The summed E-state index contributed by atoms with van der Waals surface area (Å²) in [6, 6.07) is 13.9. The van der Waals surface area contributed by atoms with Crippen molar-refractivity contribution in [3.63, 3.8) is 0 Å². The van der Waals surface area contributed by atoms with Crippen LogP contribution in [0.2, 0.25) is 0 Å². The van der Waals surface area contributed by atoms with E-state index in [2.05, 4.69) is 21.2 Å². The lowest BCUT2D eigenvalue weighted by Crippen LogP contribution is -2.22. The van der Waals surface area contributed by atoms with Crippen molar-refractivity contribution in [1.82, 2.24) is 5.48 Å². The van der Waals surface area contributed by atoms with Gasteiger partial charge in [0.25, 0.3) is 5.91 Å². The van der Waals surface area contributed by atoms with Crippen LogP contribution in [0.3, 0.4) is 0 Å². The van der Waals surface area contributed by atoms with Crippen molar-refractivity contribution in [2.75, 3.05) is 5.32 Å². The number of aromatic hydroxyl groups is 1. The van der Waals surface area contributed by atoms with Gasteiger partial charge in [-0.3, -0.25) is 15.3 Å². The molecule has 2 amide bonds. The maximum atomic E-state index is 12.4. The Hall–Kier alpha value is -2.84. The monoisotopic (exact) mass is 462 g/mol. The number of para-hydroxylation sites is 1. The van der Waals surface area contributed by atoms with Crippen molar-refractivity contribution < 1.29 is 24.6 Å². The molecule has 7 nitrogen and oxygen atoms in total. The predicted octanol–water partition coefficient (Wildman–Crippen LogP) is 4.92. The van der Waals surface area contributed by atoms with Gasteiger partial charge in [0, 0.05) is 21.8 Å². The molecule has 0 saturated heterocycles. The average molecular weight is 463 g/mol. The van der Waals surface area contributed by atoms with E-state index in [1.54, 1.807) is 42.5 Å². The summed E-state index contributed by atoms with van der Waals surface area (Å²) in [5, 5.41) is 21.5. The van der Waals surface area contributed by atoms with E-state index >= 15 is 0 Å². The van der Waals surface area contributed by atoms with Crippen LogP contribution in [-0.4, -0.2) is 22.3 Å². The molecule has 2 atom stereocenters. The van der Waals surface area contributed by atoms with E-state index < -0.39 is 18.1 Å². The van der Waals surface area contributed by atoms with Gasteiger partial charge in [0.2, 0.25) is 0 Å². The first-order valence-electron chi connectivity index (χ1n) is 9.02. The van der Waals surface area contributed by atoms with Gasteiger partial charge in [-0.1, -0.05) is 47.1 Å². The Labute approximate surface area is 177 Å². The maximum absolute atomic E-state index is 12.4. The zero-order valence-corrected chi connectivity index (χ0v) is 17.4. The highest BCUT2D eigenvalue weighted by Gasteiger charge is 2.26. The quantitative estimate of drug-likeness (QED) is 0.253. The van der Waals surface area contributed by atoms with E-state index in [9.17, 15) is 14.7 Å². The Morgan fingerprint density at radius 1 is 1.21 bits per heavy atom. The number of allylic oxidation sites excluding steroid dienone is 1. The van der Waals surface area contributed by atoms with Gasteiger partial charge in [-0.25, -0.2) is 10.3 Å². The van der Waals surface area contributed by atoms with Crippen molar-refractivity contribution in [3.8, 4) is 5.75 Å². The molecule has 0 aliphatic carbocycles. The number of halogens is 1. The molecule has 2 rings (SSSR count). The zero-order valence-electron chi connectivity index (χ0n) is 15.8. The summed E-state index contributed by atoms with van der Waals surface area (Å²) in [5.41, 5.74) is 2.60. The van der Waals surface area contributed by atoms with Crippen molar-refractivity contribution in [2.45, 2.75) is 25.9 Å². The summed E-state index contributed by atoms with van der Waals surface area (Å²) in [6.45, 7) is 1.89. The van der Waals surface area contributed by atoms with Crippen LogP contribution in [0, 0.1) is 5.92 Å². The van der Waals surface area contributed by atoms with Gasteiger partial charge >= 0.3 is 6.09 Å². The minimum absolute atomic E-state index is 0.0211. The van der Waals surface area contributed by atoms with E-state index in [-0.39, 0.29) is 11.7 Å². The standard InChI is InChI=1S/C21H23BrN2O5/c1-14(7-5-6-10-19(26)24-28)20(17-13-15(22)11-12-18(17)25)29-21(27)23-16-8-3-2-4-9-16/h2-4,6,8-14,20,25,28H,5,7H2,1H3,(H,23,27)(H,24,26)/b10-6+/t14-,20-/m1/s1. The van der Waals surface area contributed by atoms with Gasteiger partial charge in [0.1, 0.15) is 11.9 Å². The van der Waals surface area contributed by atoms with E-state index in [1.807, 2.05) is 13.0 Å². The molecule has 0 fully saturated rings. The molecular formula is C21H23BrN2O5. The SMILES string of the molecule is C[C@H](CC/C=C/C(=O)NO)[C@@H](OC(=O)Nc1ccccc1)c1cc(Br)ccc1O. The first-order chi connectivity index (χ1) is 13.9. The van der Waals surface area contributed by atoms with Crippen LogP contribution in [0.4, 0.5) is 10.5 Å². The highest BCUT2D eigenvalue weighted by atomic mass is 79.9. The first-order valence-corrected chi connectivity index (χ1v) is 9.81. The second kappa shape index (κ2) is 11.2. The number of benzene rings is 2. The normalized spacial score (nSPS) is 12.9. The third-order valence-corrected chi connectivity index (χ3v) is 4.73. The zero-order chi connectivity index (χ0) is 21.2. The Morgan fingerprint density at radius 2 is 1.93 bits per heavy atom. The maximum Gasteiger partial charge on any atom is 0.412 e. The Bertz CT molecular complexity index is 857. The number of phenolic OH excluding ortho intramolecular Hbond substituents is 1. The van der Waals surface area contributed by atoms with Crippen molar-refractivity contribution in [2.24, 2.45) is 5.92 Å². The molecule has 0 aliphatic rings. The number of carbonyl (C=O) groups excluding carboxylic acids is 2. The third-order valence-electron chi connectivity index (χ3n) is 4.24. The molecule has 2 aromatic carbocycles. The molecule has 0 aromatic heterocycles. The highest BCUT2D eigenvalue weighted by molar-refractivity contribution is 9.10. The van der Waals surface area contributed by atoms with Crippen LogP contribution in [0.15, 0.2) is 65.2 Å². The fourth-order valence-electron chi connectivity index (χ4n) is 2.76. The van der Waals surface area contributed by atoms with Gasteiger partial charge in [-0.05, 0) is 49.1 Å². The van der Waals surface area contributed by atoms with Gasteiger partial charge in [-0.2, -0.15) is 0 Å². The summed E-state index contributed by atoms with van der Waals surface area (Å²) < 4.78 is 6.41. The van der Waals surface area contributed by atoms with Crippen molar-refractivity contribution in [3.05, 3.63) is 70.7 Å². The topological polar surface area (TPSA) is 108 Å². The van der Waals surface area contributed by atoms with Crippen LogP contribution >= 0.6 is 15.9 Å². The predicted molar refractivity (Wildman–Crippen MR) is 113 cm³/mol. The highest BCUT2D eigenvalue weighted by Crippen LogP contribution is 2.36. The fraction of sp³-hybridized carbons (Fsp3) is 0.238. The van der Waals surface area contributed by atoms with Gasteiger partial charge in [-0.15, -0.1) is 0 Å². The second-order valence-electron chi connectivity index (χ2n) is 6.45. The van der Waals surface area contributed by atoms with Crippen LogP contribution in [-0.2, 0) is 9.53 Å². The summed E-state index contributed by atoms with van der Waals surface area (Å²) >= 11 is 3.37. The minimum Gasteiger partial charge on any atom is -0.508 e. The fourth-order valence-corrected chi connectivity index (χ4v) is 3.14. The molecule has 0 saturated carbocycles. The third kappa shape index (κ3) is 7.24. The molecule has 4 N–H and O–H groups in total. The number of anilines is 1. The molecule has 0 spiro atoms. The van der Waals surface area contributed by atoms with Crippen LogP contribution in [0.25, 0.3) is 0 Å². The van der Waals surface area contributed by atoms with E-state index in [0.29, 0.717) is 24.1 Å². The van der Waals surface area contributed by atoms with Crippen molar-refractivity contribution >= 4 is 33.6 Å². The van der Waals surface area contributed by atoms with E-state index in [0.717, 1.165) is 4.47 Å². The number of ether oxygens (including phenoxy) is 1. The van der Waals surface area contributed by atoms with Crippen LogP contribution in [0.5, 0.6) is 5.75 Å². The number of hydroxylamine groups is 1. The number of nitrogens with one attached hydrogen (secondary N) is 2. The number of rotatable bonds is 8. The van der Waals surface area contributed by atoms with E-state index in [1.165, 1.54) is 17.6 Å². The van der Waals surface area contributed by atoms with Gasteiger partial charge < -0.3 is 9.84 Å².